The van der Waals surface area contributed by atoms with Crippen molar-refractivity contribution in [3.63, 3.8) is 0 Å². The molecule has 166 valence electrons. The van der Waals surface area contributed by atoms with Gasteiger partial charge >= 0.3 is 5.97 Å². The van der Waals surface area contributed by atoms with Crippen molar-refractivity contribution in [1.82, 2.24) is 0 Å². The van der Waals surface area contributed by atoms with Gasteiger partial charge in [0.1, 0.15) is 22.9 Å². The van der Waals surface area contributed by atoms with E-state index in [1.807, 2.05) is 13.0 Å². The Bertz CT molecular complexity index is 1170. The third-order valence-electron chi connectivity index (χ3n) is 6.04. The number of benzene rings is 3. The Balaban J connectivity index is 1.53. The van der Waals surface area contributed by atoms with Crippen LogP contribution in [0.15, 0.2) is 54.6 Å². The van der Waals surface area contributed by atoms with Crippen LogP contribution in [0.25, 0.3) is 10.8 Å². The maximum Gasteiger partial charge on any atom is 0.349 e. The van der Waals surface area contributed by atoms with Crippen LogP contribution in [0.3, 0.4) is 0 Å². The highest BCUT2D eigenvalue weighted by molar-refractivity contribution is 5.92. The van der Waals surface area contributed by atoms with Crippen molar-refractivity contribution in [3.8, 4) is 5.75 Å². The predicted octanol–water partition coefficient (Wildman–Crippen LogP) is 7.47. The number of halogens is 4. The number of carbonyl (C=O) groups is 1. The lowest BCUT2D eigenvalue weighted by Crippen LogP contribution is -2.16. The standard InChI is InChI=1S/C26H22F4O2/c1-2-3-15-4-6-16(7-5-15)19-13-23(29)25(24(30)14-19)26(31)32-20-9-8-17-11-21(27)22(28)12-18(17)10-20/h2-3,8-16H,4-7H2,1H3/b3-2+. The summed E-state index contributed by atoms with van der Waals surface area (Å²) in [6.07, 6.45) is 7.74. The fourth-order valence-electron chi connectivity index (χ4n) is 4.38. The van der Waals surface area contributed by atoms with Crippen LogP contribution in [-0.4, -0.2) is 5.97 Å². The Labute approximate surface area is 183 Å². The molecule has 1 fully saturated rings. The van der Waals surface area contributed by atoms with E-state index in [-0.39, 0.29) is 11.7 Å². The highest BCUT2D eigenvalue weighted by Gasteiger charge is 2.26. The highest BCUT2D eigenvalue weighted by Crippen LogP contribution is 2.37. The van der Waals surface area contributed by atoms with Crippen molar-refractivity contribution >= 4 is 16.7 Å². The molecule has 0 atom stereocenters. The zero-order valence-electron chi connectivity index (χ0n) is 17.5. The number of esters is 1. The molecule has 0 radical (unpaired) electrons. The molecule has 0 amide bonds. The lowest BCUT2D eigenvalue weighted by molar-refractivity contribution is 0.0724. The van der Waals surface area contributed by atoms with Crippen molar-refractivity contribution in [2.24, 2.45) is 5.92 Å². The average molecular weight is 442 g/mol. The van der Waals surface area contributed by atoms with E-state index < -0.39 is 34.8 Å². The number of fused-ring (bicyclic) bond motifs is 1. The molecule has 3 aromatic carbocycles. The van der Waals surface area contributed by atoms with Gasteiger partial charge in [-0.05, 0) is 97.2 Å². The van der Waals surface area contributed by atoms with Gasteiger partial charge in [0.15, 0.2) is 11.6 Å². The van der Waals surface area contributed by atoms with Crippen molar-refractivity contribution in [2.75, 3.05) is 0 Å². The average Bonchev–Trinajstić information content (AvgIpc) is 2.75. The van der Waals surface area contributed by atoms with Crippen LogP contribution in [0.1, 0.15) is 54.4 Å². The van der Waals surface area contributed by atoms with Gasteiger partial charge in [-0.25, -0.2) is 22.4 Å². The summed E-state index contributed by atoms with van der Waals surface area (Å²) in [7, 11) is 0. The Kier molecular flexibility index (Phi) is 6.31. The van der Waals surface area contributed by atoms with E-state index in [0.717, 1.165) is 37.8 Å². The van der Waals surface area contributed by atoms with Crippen LogP contribution in [-0.2, 0) is 0 Å². The minimum Gasteiger partial charge on any atom is -0.423 e. The molecule has 3 aromatic rings. The van der Waals surface area contributed by atoms with Gasteiger partial charge in [-0.3, -0.25) is 0 Å². The van der Waals surface area contributed by atoms with Gasteiger partial charge in [0, 0.05) is 0 Å². The number of rotatable bonds is 4. The molecule has 0 heterocycles. The molecule has 0 aromatic heterocycles. The summed E-state index contributed by atoms with van der Waals surface area (Å²) in [5.74, 6) is -4.68. The number of carbonyl (C=O) groups excluding carboxylic acids is 1. The van der Waals surface area contributed by atoms with E-state index >= 15 is 0 Å². The molecule has 4 rings (SSSR count). The van der Waals surface area contributed by atoms with Crippen molar-refractivity contribution < 1.29 is 27.1 Å². The zero-order valence-corrected chi connectivity index (χ0v) is 17.5. The molecule has 0 unspecified atom stereocenters. The highest BCUT2D eigenvalue weighted by atomic mass is 19.2. The summed E-state index contributed by atoms with van der Waals surface area (Å²) in [6.45, 7) is 1.98. The van der Waals surface area contributed by atoms with Gasteiger partial charge in [0.25, 0.3) is 0 Å². The number of allylic oxidation sites excluding steroid dienone is 2. The second-order valence-electron chi connectivity index (χ2n) is 8.16. The lowest BCUT2D eigenvalue weighted by atomic mass is 9.78. The van der Waals surface area contributed by atoms with Gasteiger partial charge < -0.3 is 4.74 Å². The molecular weight excluding hydrogens is 420 g/mol. The second-order valence-corrected chi connectivity index (χ2v) is 8.16. The van der Waals surface area contributed by atoms with E-state index in [0.29, 0.717) is 22.3 Å². The topological polar surface area (TPSA) is 26.3 Å². The maximum absolute atomic E-state index is 14.7. The Morgan fingerprint density at radius 2 is 1.47 bits per heavy atom. The zero-order chi connectivity index (χ0) is 22.8. The first-order chi connectivity index (χ1) is 15.4. The molecule has 1 saturated carbocycles. The molecule has 0 N–H and O–H groups in total. The summed E-state index contributed by atoms with van der Waals surface area (Å²) >= 11 is 0. The molecule has 0 bridgehead atoms. The smallest absolute Gasteiger partial charge is 0.349 e. The number of ether oxygens (including phenoxy) is 1. The van der Waals surface area contributed by atoms with Gasteiger partial charge in [-0.1, -0.05) is 18.2 Å². The van der Waals surface area contributed by atoms with E-state index in [1.54, 1.807) is 0 Å². The summed E-state index contributed by atoms with van der Waals surface area (Å²) in [5, 5.41) is 0.688. The Morgan fingerprint density at radius 1 is 0.844 bits per heavy atom. The van der Waals surface area contributed by atoms with E-state index in [9.17, 15) is 22.4 Å². The minimum absolute atomic E-state index is 0.0290. The SMILES string of the molecule is C/C=C/C1CCC(c2cc(F)c(C(=O)Oc3ccc4cc(F)c(F)cc4c3)c(F)c2)CC1. The number of hydrogen-bond acceptors (Lipinski definition) is 2. The first-order valence-corrected chi connectivity index (χ1v) is 10.6. The first kappa shape index (κ1) is 22.1. The minimum atomic E-state index is -1.19. The summed E-state index contributed by atoms with van der Waals surface area (Å²) in [6, 6.07) is 8.48. The van der Waals surface area contributed by atoms with Gasteiger partial charge in [0.05, 0.1) is 0 Å². The van der Waals surface area contributed by atoms with Crippen LogP contribution in [0, 0.1) is 29.2 Å². The van der Waals surface area contributed by atoms with E-state index in [4.69, 9.17) is 4.74 Å². The molecule has 1 aliphatic rings. The molecule has 2 nitrogen and oxygen atoms in total. The molecule has 32 heavy (non-hydrogen) atoms. The summed E-state index contributed by atoms with van der Waals surface area (Å²) in [4.78, 5) is 12.5. The predicted molar refractivity (Wildman–Crippen MR) is 115 cm³/mol. The molecule has 0 saturated heterocycles. The fourth-order valence-corrected chi connectivity index (χ4v) is 4.38. The van der Waals surface area contributed by atoms with Crippen molar-refractivity contribution in [2.45, 2.75) is 38.5 Å². The third-order valence-corrected chi connectivity index (χ3v) is 6.04. The maximum atomic E-state index is 14.7. The summed E-state index contributed by atoms with van der Waals surface area (Å²) < 4.78 is 61.4. The van der Waals surface area contributed by atoms with Gasteiger partial charge in [-0.15, -0.1) is 0 Å². The van der Waals surface area contributed by atoms with Crippen LogP contribution in [0.5, 0.6) is 5.75 Å². The number of hydrogen-bond donors (Lipinski definition) is 0. The lowest BCUT2D eigenvalue weighted by Gasteiger charge is -2.27. The molecule has 0 aliphatic heterocycles. The molecular formula is C26H22F4O2. The van der Waals surface area contributed by atoms with Crippen molar-refractivity contribution in [3.05, 3.63) is 89.0 Å². The first-order valence-electron chi connectivity index (χ1n) is 10.6. The Morgan fingerprint density at radius 3 is 2.09 bits per heavy atom. The van der Waals surface area contributed by atoms with Crippen molar-refractivity contribution in [1.29, 1.82) is 0 Å². The molecule has 0 spiro atoms. The van der Waals surface area contributed by atoms with E-state index in [1.165, 1.54) is 30.3 Å². The molecule has 6 heteroatoms. The summed E-state index contributed by atoms with van der Waals surface area (Å²) in [5.41, 5.74) is -0.236. The largest absolute Gasteiger partial charge is 0.423 e. The fraction of sp³-hybridized carbons (Fsp3) is 0.269. The second kappa shape index (κ2) is 9.15. The van der Waals surface area contributed by atoms with Crippen LogP contribution in [0.4, 0.5) is 17.6 Å². The molecule has 1 aliphatic carbocycles. The monoisotopic (exact) mass is 442 g/mol. The van der Waals surface area contributed by atoms with Crippen LogP contribution < -0.4 is 4.74 Å². The third kappa shape index (κ3) is 4.54. The van der Waals surface area contributed by atoms with Crippen LogP contribution in [0.2, 0.25) is 0 Å². The quantitative estimate of drug-likeness (QED) is 0.181. The normalized spacial score (nSPS) is 18.9. The Hall–Kier alpha value is -3.15. The van der Waals surface area contributed by atoms with Gasteiger partial charge in [-0.2, -0.15) is 0 Å². The van der Waals surface area contributed by atoms with Crippen LogP contribution >= 0.6 is 0 Å². The van der Waals surface area contributed by atoms with Gasteiger partial charge in [0.2, 0.25) is 0 Å². The van der Waals surface area contributed by atoms with E-state index in [2.05, 4.69) is 6.08 Å².